The van der Waals surface area contributed by atoms with Crippen LogP contribution in [-0.4, -0.2) is 74.9 Å². The van der Waals surface area contributed by atoms with E-state index in [9.17, 15) is 19.0 Å². The molecule has 0 spiro atoms. The minimum atomic E-state index is -4.40. The lowest BCUT2D eigenvalue weighted by molar-refractivity contribution is -0.870. The fourth-order valence-corrected chi connectivity index (χ4v) is 5.27. The Balaban J connectivity index is 4.59. The van der Waals surface area contributed by atoms with Crippen LogP contribution in [0.5, 0.6) is 0 Å². The first-order valence-corrected chi connectivity index (χ1v) is 21.5. The first-order chi connectivity index (χ1) is 26.0. The maximum absolute atomic E-state index is 12.6. The second-order valence-corrected chi connectivity index (χ2v) is 15.4. The predicted molar refractivity (Wildman–Crippen MR) is 224 cm³/mol. The van der Waals surface area contributed by atoms with Gasteiger partial charge in [-0.3, -0.25) is 18.6 Å². The van der Waals surface area contributed by atoms with E-state index < -0.39 is 32.5 Å². The summed E-state index contributed by atoms with van der Waals surface area (Å²) >= 11 is 0. The third-order valence-electron chi connectivity index (χ3n) is 7.61. The SMILES string of the molecule is CC/C=C\C/C=C\C/C=C\C/C=C\C/C=C\CCCC(=O)OC(COC(=O)CCCCC/C=C\C/C=C\C/C=C\CC)COP(=O)(O)OCC[N+](C)(C)C. The molecule has 0 fully saturated rings. The van der Waals surface area contributed by atoms with Gasteiger partial charge in [0.15, 0.2) is 6.10 Å². The van der Waals surface area contributed by atoms with E-state index in [1.807, 2.05) is 27.2 Å². The summed E-state index contributed by atoms with van der Waals surface area (Å²) in [6.45, 7) is 4.05. The minimum absolute atomic E-state index is 0.0102. The molecule has 1 N–H and O–H groups in total. The number of phosphoric acid groups is 1. The molecule has 0 radical (unpaired) electrons. The third-order valence-corrected chi connectivity index (χ3v) is 8.59. The Bertz CT molecular complexity index is 1240. The maximum Gasteiger partial charge on any atom is 0.472 e. The Kier molecular flexibility index (Phi) is 33.6. The number of quaternary nitrogens is 1. The van der Waals surface area contributed by atoms with Gasteiger partial charge in [-0.15, -0.1) is 0 Å². The summed E-state index contributed by atoms with van der Waals surface area (Å²) in [7, 11) is 1.40. The van der Waals surface area contributed by atoms with Gasteiger partial charge in [-0.05, 0) is 83.5 Å². The highest BCUT2D eigenvalue weighted by Gasteiger charge is 2.27. The fourth-order valence-electron chi connectivity index (χ4n) is 4.53. The second kappa shape index (κ2) is 35.6. The zero-order valence-electron chi connectivity index (χ0n) is 34.2. The summed E-state index contributed by atoms with van der Waals surface area (Å²) in [6, 6.07) is 0. The minimum Gasteiger partial charge on any atom is -0.462 e. The van der Waals surface area contributed by atoms with Crippen molar-refractivity contribution < 1.29 is 42.1 Å². The Labute approximate surface area is 328 Å². The standard InChI is InChI=1S/C44H72NO8P/c1-6-8-10-12-14-16-18-20-21-22-23-25-27-29-31-33-35-37-44(47)53-42(41-52-54(48,49)51-39-38-45(3,4)5)40-50-43(46)36-34-32-30-28-26-24-19-17-15-13-11-9-7-2/h8-11,14-17,20-21,23-26,29,31,42H,6-7,12-13,18-19,22,27-28,30,32-41H2,1-5H3/p+1/b10-8-,11-9-,16-14-,17-15-,21-20-,25-23-,26-24-,31-29-. The molecule has 0 bridgehead atoms. The fraction of sp³-hybridized carbons (Fsp3) is 0.591. The van der Waals surface area contributed by atoms with Gasteiger partial charge in [0, 0.05) is 12.8 Å². The Hall–Kier alpha value is -3.07. The monoisotopic (exact) mass is 775 g/mol. The first-order valence-electron chi connectivity index (χ1n) is 20.0. The van der Waals surface area contributed by atoms with Gasteiger partial charge in [-0.1, -0.05) is 117 Å². The molecular formula is C44H73NO8P+. The van der Waals surface area contributed by atoms with Gasteiger partial charge in [-0.25, -0.2) is 4.57 Å². The predicted octanol–water partition coefficient (Wildman–Crippen LogP) is 11.0. The number of unbranched alkanes of at least 4 members (excludes halogenated alkanes) is 4. The van der Waals surface area contributed by atoms with Crippen molar-refractivity contribution in [3.8, 4) is 0 Å². The van der Waals surface area contributed by atoms with E-state index in [-0.39, 0.29) is 26.1 Å². The van der Waals surface area contributed by atoms with Crippen LogP contribution in [0.4, 0.5) is 0 Å². The molecule has 0 rings (SSSR count). The number of carbonyl (C=O) groups excluding carboxylic acids is 2. The van der Waals surface area contributed by atoms with E-state index in [4.69, 9.17) is 18.5 Å². The van der Waals surface area contributed by atoms with Crippen LogP contribution in [0.25, 0.3) is 0 Å². The summed E-state index contributed by atoms with van der Waals surface area (Å²) in [5, 5.41) is 0. The summed E-state index contributed by atoms with van der Waals surface area (Å²) < 4.78 is 34.1. The van der Waals surface area contributed by atoms with Crippen LogP contribution in [0.15, 0.2) is 97.2 Å². The van der Waals surface area contributed by atoms with Gasteiger partial charge >= 0.3 is 19.8 Å². The summed E-state index contributed by atoms with van der Waals surface area (Å²) in [6.07, 6.45) is 46.1. The average molecular weight is 775 g/mol. The normalized spacial score (nSPS) is 14.7. The lowest BCUT2D eigenvalue weighted by Gasteiger charge is -2.24. The molecule has 0 aromatic carbocycles. The number of phosphoric ester groups is 1. The van der Waals surface area contributed by atoms with Crippen LogP contribution in [0, 0.1) is 0 Å². The van der Waals surface area contributed by atoms with Crippen LogP contribution in [0.3, 0.4) is 0 Å². The number of esters is 2. The van der Waals surface area contributed by atoms with Crippen molar-refractivity contribution in [3.63, 3.8) is 0 Å². The number of allylic oxidation sites excluding steroid dienone is 16. The van der Waals surface area contributed by atoms with Gasteiger partial charge in [0.1, 0.15) is 19.8 Å². The first kappa shape index (κ1) is 50.9. The van der Waals surface area contributed by atoms with Gasteiger partial charge in [0.05, 0.1) is 27.7 Å². The van der Waals surface area contributed by atoms with E-state index >= 15 is 0 Å². The molecule has 0 saturated carbocycles. The summed E-state index contributed by atoms with van der Waals surface area (Å²) in [5.74, 6) is -0.916. The van der Waals surface area contributed by atoms with Gasteiger partial charge in [-0.2, -0.15) is 0 Å². The molecular weight excluding hydrogens is 701 g/mol. The van der Waals surface area contributed by atoms with E-state index in [0.717, 1.165) is 70.6 Å². The average Bonchev–Trinajstić information content (AvgIpc) is 3.12. The van der Waals surface area contributed by atoms with Crippen molar-refractivity contribution in [2.45, 2.75) is 123 Å². The van der Waals surface area contributed by atoms with E-state index in [1.165, 1.54) is 0 Å². The highest BCUT2D eigenvalue weighted by Crippen LogP contribution is 2.43. The molecule has 9 nitrogen and oxygen atoms in total. The molecule has 0 aliphatic rings. The van der Waals surface area contributed by atoms with E-state index in [0.29, 0.717) is 30.3 Å². The molecule has 306 valence electrons. The van der Waals surface area contributed by atoms with Gasteiger partial charge in [0.2, 0.25) is 0 Å². The van der Waals surface area contributed by atoms with Crippen molar-refractivity contribution in [2.75, 3.05) is 47.5 Å². The zero-order chi connectivity index (χ0) is 40.0. The molecule has 2 atom stereocenters. The summed E-state index contributed by atoms with van der Waals surface area (Å²) in [4.78, 5) is 35.2. The number of rotatable bonds is 34. The van der Waals surface area contributed by atoms with Crippen molar-refractivity contribution in [1.29, 1.82) is 0 Å². The van der Waals surface area contributed by atoms with Crippen molar-refractivity contribution >= 4 is 19.8 Å². The highest BCUT2D eigenvalue weighted by atomic mass is 31.2. The highest BCUT2D eigenvalue weighted by molar-refractivity contribution is 7.47. The molecule has 0 aliphatic carbocycles. The summed E-state index contributed by atoms with van der Waals surface area (Å²) in [5.41, 5.74) is 0. The number of nitrogens with zero attached hydrogens (tertiary/aromatic N) is 1. The molecule has 54 heavy (non-hydrogen) atoms. The van der Waals surface area contributed by atoms with Crippen LogP contribution in [-0.2, 0) is 32.7 Å². The quantitative estimate of drug-likeness (QED) is 0.0226. The van der Waals surface area contributed by atoms with Crippen LogP contribution in [0.1, 0.15) is 117 Å². The van der Waals surface area contributed by atoms with Gasteiger partial charge in [0.25, 0.3) is 0 Å². The van der Waals surface area contributed by atoms with E-state index in [1.54, 1.807) is 0 Å². The lowest BCUT2D eigenvalue weighted by Crippen LogP contribution is -2.37. The van der Waals surface area contributed by atoms with Crippen LogP contribution in [0.2, 0.25) is 0 Å². The zero-order valence-corrected chi connectivity index (χ0v) is 35.1. The number of hydrogen-bond donors (Lipinski definition) is 1. The Morgan fingerprint density at radius 3 is 1.50 bits per heavy atom. The number of hydrogen-bond acceptors (Lipinski definition) is 7. The smallest absolute Gasteiger partial charge is 0.462 e. The molecule has 2 unspecified atom stereocenters. The largest absolute Gasteiger partial charge is 0.472 e. The molecule has 0 aromatic rings. The molecule has 0 aromatic heterocycles. The van der Waals surface area contributed by atoms with Crippen LogP contribution >= 0.6 is 7.82 Å². The maximum atomic E-state index is 12.6. The molecule has 0 aliphatic heterocycles. The Morgan fingerprint density at radius 1 is 0.574 bits per heavy atom. The van der Waals surface area contributed by atoms with Crippen molar-refractivity contribution in [2.24, 2.45) is 0 Å². The van der Waals surface area contributed by atoms with Crippen molar-refractivity contribution in [1.82, 2.24) is 0 Å². The third kappa shape index (κ3) is 38.6. The molecule has 10 heteroatoms. The number of ether oxygens (including phenoxy) is 2. The Morgan fingerprint density at radius 2 is 1.02 bits per heavy atom. The van der Waals surface area contributed by atoms with Gasteiger partial charge < -0.3 is 18.9 Å². The molecule has 0 saturated heterocycles. The van der Waals surface area contributed by atoms with Crippen LogP contribution < -0.4 is 0 Å². The number of carbonyl (C=O) groups is 2. The lowest BCUT2D eigenvalue weighted by atomic mass is 10.1. The second-order valence-electron chi connectivity index (χ2n) is 13.9. The topological polar surface area (TPSA) is 108 Å². The van der Waals surface area contributed by atoms with Crippen molar-refractivity contribution in [3.05, 3.63) is 97.2 Å². The van der Waals surface area contributed by atoms with E-state index in [2.05, 4.69) is 105 Å². The molecule has 0 heterocycles. The number of likely N-dealkylation sites (N-methyl/N-ethyl adjacent to an activating group) is 1. The molecule has 0 amide bonds.